The van der Waals surface area contributed by atoms with Gasteiger partial charge in [0.15, 0.2) is 0 Å². The average Bonchev–Trinajstić information content (AvgIpc) is 2.78. The van der Waals surface area contributed by atoms with Gasteiger partial charge >= 0.3 is 0 Å². The standard InChI is InChI=1S/C18H22N2O3/c1-12-7-3-6-10-16(12)19(13(2)21)11-20-17(22)14-8-4-5-9-15(14)18(20)23/h3,6-7,10,14-15H,4-5,8-9,11H2,1-2H3/t14-,15-/m0/s1. The Labute approximate surface area is 136 Å². The fourth-order valence-electron chi connectivity index (χ4n) is 3.72. The van der Waals surface area contributed by atoms with E-state index >= 15 is 0 Å². The summed E-state index contributed by atoms with van der Waals surface area (Å²) in [6.07, 6.45) is 3.58. The molecule has 2 fully saturated rings. The van der Waals surface area contributed by atoms with E-state index in [1.165, 1.54) is 16.7 Å². The first kappa shape index (κ1) is 15.7. The molecule has 0 aromatic heterocycles. The molecule has 23 heavy (non-hydrogen) atoms. The van der Waals surface area contributed by atoms with Crippen LogP contribution in [0.3, 0.4) is 0 Å². The van der Waals surface area contributed by atoms with Crippen molar-refractivity contribution in [2.45, 2.75) is 39.5 Å². The highest BCUT2D eigenvalue weighted by Gasteiger charge is 2.48. The molecule has 2 aliphatic rings. The van der Waals surface area contributed by atoms with Gasteiger partial charge in [-0.25, -0.2) is 0 Å². The summed E-state index contributed by atoms with van der Waals surface area (Å²) in [6.45, 7) is 3.40. The maximum Gasteiger partial charge on any atom is 0.234 e. The van der Waals surface area contributed by atoms with E-state index < -0.39 is 0 Å². The Hall–Kier alpha value is -2.17. The van der Waals surface area contributed by atoms with Gasteiger partial charge < -0.3 is 0 Å². The largest absolute Gasteiger partial charge is 0.294 e. The topological polar surface area (TPSA) is 57.7 Å². The van der Waals surface area contributed by atoms with Crippen LogP contribution >= 0.6 is 0 Å². The van der Waals surface area contributed by atoms with Crippen molar-refractivity contribution in [1.29, 1.82) is 0 Å². The van der Waals surface area contributed by atoms with E-state index in [0.717, 1.165) is 36.9 Å². The van der Waals surface area contributed by atoms with Crippen LogP contribution in [0.25, 0.3) is 0 Å². The van der Waals surface area contributed by atoms with Crippen LogP contribution in [0.2, 0.25) is 0 Å². The number of fused-ring (bicyclic) bond motifs is 1. The number of amides is 3. The lowest BCUT2D eigenvalue weighted by Crippen LogP contribution is -2.44. The van der Waals surface area contributed by atoms with E-state index in [0.29, 0.717) is 0 Å². The van der Waals surface area contributed by atoms with Gasteiger partial charge in [0.25, 0.3) is 0 Å². The Bertz CT molecular complexity index is 631. The van der Waals surface area contributed by atoms with Crippen LogP contribution < -0.4 is 4.90 Å². The number of carbonyl (C=O) groups excluding carboxylic acids is 3. The second-order valence-corrected chi connectivity index (χ2v) is 6.48. The molecule has 0 spiro atoms. The summed E-state index contributed by atoms with van der Waals surface area (Å²) in [5, 5.41) is 0. The van der Waals surface area contributed by atoms with Gasteiger partial charge in [-0.1, -0.05) is 31.0 Å². The van der Waals surface area contributed by atoms with E-state index in [9.17, 15) is 14.4 Å². The van der Waals surface area contributed by atoms with E-state index in [-0.39, 0.29) is 36.2 Å². The summed E-state index contributed by atoms with van der Waals surface area (Å²) in [5.74, 6) is -0.752. The molecule has 1 aliphatic heterocycles. The predicted octanol–water partition coefficient (Wildman–Crippen LogP) is 2.48. The number of anilines is 1. The molecule has 1 aromatic rings. The van der Waals surface area contributed by atoms with E-state index in [1.54, 1.807) is 0 Å². The van der Waals surface area contributed by atoms with Gasteiger partial charge in [-0.05, 0) is 31.4 Å². The highest BCUT2D eigenvalue weighted by molar-refractivity contribution is 6.06. The molecule has 1 saturated heterocycles. The predicted molar refractivity (Wildman–Crippen MR) is 86.5 cm³/mol. The average molecular weight is 314 g/mol. The Morgan fingerprint density at radius 1 is 1.13 bits per heavy atom. The Kier molecular flexibility index (Phi) is 4.20. The van der Waals surface area contributed by atoms with Crippen molar-refractivity contribution in [1.82, 2.24) is 4.90 Å². The van der Waals surface area contributed by atoms with Crippen molar-refractivity contribution in [3.05, 3.63) is 29.8 Å². The number of imide groups is 1. The minimum absolute atomic E-state index is 0.0187. The molecule has 0 bridgehead atoms. The highest BCUT2D eigenvalue weighted by atomic mass is 16.2. The minimum atomic E-state index is -0.179. The molecule has 1 aromatic carbocycles. The van der Waals surface area contributed by atoms with Crippen molar-refractivity contribution in [3.8, 4) is 0 Å². The van der Waals surface area contributed by atoms with Crippen LogP contribution in [0, 0.1) is 18.8 Å². The van der Waals surface area contributed by atoms with Crippen molar-refractivity contribution in [3.63, 3.8) is 0 Å². The number of nitrogens with zero attached hydrogens (tertiary/aromatic N) is 2. The van der Waals surface area contributed by atoms with Gasteiger partial charge in [-0.2, -0.15) is 0 Å². The quantitative estimate of drug-likeness (QED) is 0.805. The third-order valence-corrected chi connectivity index (χ3v) is 5.00. The number of hydrogen-bond donors (Lipinski definition) is 0. The van der Waals surface area contributed by atoms with Crippen LogP contribution in [0.4, 0.5) is 5.69 Å². The molecule has 1 heterocycles. The lowest BCUT2D eigenvalue weighted by Gasteiger charge is -2.27. The molecule has 0 radical (unpaired) electrons. The maximum atomic E-state index is 12.6. The van der Waals surface area contributed by atoms with Gasteiger partial charge in [-0.15, -0.1) is 0 Å². The summed E-state index contributed by atoms with van der Waals surface area (Å²) >= 11 is 0. The number of hydrogen-bond acceptors (Lipinski definition) is 3. The number of carbonyl (C=O) groups is 3. The molecule has 3 rings (SSSR count). The molecule has 0 N–H and O–H groups in total. The molecule has 1 saturated carbocycles. The van der Waals surface area contributed by atoms with Gasteiger partial charge in [0.2, 0.25) is 17.7 Å². The Morgan fingerprint density at radius 2 is 1.70 bits per heavy atom. The third kappa shape index (κ3) is 2.76. The minimum Gasteiger partial charge on any atom is -0.294 e. The van der Waals surface area contributed by atoms with Gasteiger partial charge in [0, 0.05) is 12.6 Å². The lowest BCUT2D eigenvalue weighted by molar-refractivity contribution is -0.140. The molecule has 0 unspecified atom stereocenters. The molecule has 2 atom stereocenters. The zero-order chi connectivity index (χ0) is 16.6. The molecule has 5 nitrogen and oxygen atoms in total. The second kappa shape index (κ2) is 6.14. The summed E-state index contributed by atoms with van der Waals surface area (Å²) in [5.41, 5.74) is 1.69. The Morgan fingerprint density at radius 3 is 2.22 bits per heavy atom. The van der Waals surface area contributed by atoms with E-state index in [1.807, 2.05) is 31.2 Å². The number of aryl methyl sites for hydroxylation is 1. The second-order valence-electron chi connectivity index (χ2n) is 6.48. The summed E-state index contributed by atoms with van der Waals surface area (Å²) < 4.78 is 0. The monoisotopic (exact) mass is 314 g/mol. The SMILES string of the molecule is CC(=O)N(CN1C(=O)[C@H]2CCCC[C@@H]2C1=O)c1ccccc1C. The van der Waals surface area contributed by atoms with Crippen molar-refractivity contribution in [2.24, 2.45) is 11.8 Å². The fraction of sp³-hybridized carbons (Fsp3) is 0.500. The summed E-state index contributed by atoms with van der Waals surface area (Å²) in [4.78, 5) is 40.1. The fourth-order valence-corrected chi connectivity index (χ4v) is 3.72. The first-order valence-electron chi connectivity index (χ1n) is 8.19. The maximum absolute atomic E-state index is 12.6. The van der Waals surface area contributed by atoms with Gasteiger partial charge in [0.1, 0.15) is 6.67 Å². The summed E-state index contributed by atoms with van der Waals surface area (Å²) in [6, 6.07) is 7.51. The van der Waals surface area contributed by atoms with Crippen LogP contribution in [0.5, 0.6) is 0 Å². The first-order chi connectivity index (χ1) is 11.0. The van der Waals surface area contributed by atoms with Crippen molar-refractivity contribution >= 4 is 23.4 Å². The van der Waals surface area contributed by atoms with Crippen molar-refractivity contribution in [2.75, 3.05) is 11.6 Å². The third-order valence-electron chi connectivity index (χ3n) is 5.00. The number of benzene rings is 1. The number of rotatable bonds is 3. The Balaban J connectivity index is 1.86. The molecular formula is C18H22N2O3. The normalized spacial score (nSPS) is 23.8. The molecule has 3 amide bonds. The first-order valence-corrected chi connectivity index (χ1v) is 8.19. The number of para-hydroxylation sites is 1. The summed E-state index contributed by atoms with van der Waals surface area (Å²) in [7, 11) is 0. The van der Waals surface area contributed by atoms with Crippen LogP contribution in [-0.2, 0) is 14.4 Å². The van der Waals surface area contributed by atoms with Crippen LogP contribution in [0.1, 0.15) is 38.2 Å². The number of likely N-dealkylation sites (tertiary alicyclic amines) is 1. The van der Waals surface area contributed by atoms with Crippen LogP contribution in [-0.4, -0.2) is 29.3 Å². The molecule has 122 valence electrons. The molecule has 5 heteroatoms. The van der Waals surface area contributed by atoms with Gasteiger partial charge in [-0.3, -0.25) is 24.2 Å². The smallest absolute Gasteiger partial charge is 0.234 e. The van der Waals surface area contributed by atoms with Crippen LogP contribution in [0.15, 0.2) is 24.3 Å². The zero-order valence-corrected chi connectivity index (χ0v) is 13.6. The molecule has 1 aliphatic carbocycles. The van der Waals surface area contributed by atoms with Gasteiger partial charge in [0.05, 0.1) is 11.8 Å². The highest BCUT2D eigenvalue weighted by Crippen LogP contribution is 2.38. The zero-order valence-electron chi connectivity index (χ0n) is 13.6. The van der Waals surface area contributed by atoms with Crippen molar-refractivity contribution < 1.29 is 14.4 Å². The van der Waals surface area contributed by atoms with E-state index in [4.69, 9.17) is 0 Å². The lowest BCUT2D eigenvalue weighted by atomic mass is 9.81. The molecular weight excluding hydrogens is 292 g/mol. The van der Waals surface area contributed by atoms with E-state index in [2.05, 4.69) is 0 Å².